The highest BCUT2D eigenvalue weighted by molar-refractivity contribution is 7.99. The standard InChI is InChI=1S/C23H22ClN3S.C4H4O4/c24-18-5-6-23-20(16-18)21(15-17-3-1-2-4-22(17)28-23)27-13-11-26(12-14-27)19-7-9-25-10-8-19;5-3(6)1-2-4(7)8/h1-10,16,21H,11-15H2;1-2H,(H,5,6)(H,7,8)/b;2-1-. The molecule has 0 radical (unpaired) electrons. The summed E-state index contributed by atoms with van der Waals surface area (Å²) in [7, 11) is 0. The molecule has 2 aliphatic rings. The molecule has 0 saturated carbocycles. The molecule has 3 heterocycles. The highest BCUT2D eigenvalue weighted by Gasteiger charge is 2.30. The summed E-state index contributed by atoms with van der Waals surface area (Å²) in [6.07, 6.45) is 5.90. The zero-order valence-corrected chi connectivity index (χ0v) is 21.0. The van der Waals surface area contributed by atoms with E-state index in [4.69, 9.17) is 21.8 Å². The summed E-state index contributed by atoms with van der Waals surface area (Å²) >= 11 is 8.28. The van der Waals surface area contributed by atoms with E-state index in [1.807, 2.05) is 30.2 Å². The average Bonchev–Trinajstić information content (AvgIpc) is 3.05. The maximum absolute atomic E-state index is 9.55. The fourth-order valence-corrected chi connectivity index (χ4v) is 5.69. The molecular weight excluding hydrogens is 498 g/mol. The van der Waals surface area contributed by atoms with Gasteiger partial charge < -0.3 is 15.1 Å². The van der Waals surface area contributed by atoms with E-state index >= 15 is 0 Å². The predicted octanol–water partition coefficient (Wildman–Crippen LogP) is 5.02. The third-order valence-corrected chi connectivity index (χ3v) is 7.53. The van der Waals surface area contributed by atoms with Gasteiger partial charge in [0.25, 0.3) is 0 Å². The Morgan fingerprint density at radius 3 is 2.25 bits per heavy atom. The number of anilines is 1. The number of fused-ring (bicyclic) bond motifs is 2. The Balaban J connectivity index is 0.000000331. The predicted molar refractivity (Wildman–Crippen MR) is 141 cm³/mol. The Morgan fingerprint density at radius 1 is 0.917 bits per heavy atom. The number of carbonyl (C=O) groups is 2. The number of hydrogen-bond acceptors (Lipinski definition) is 6. The van der Waals surface area contributed by atoms with Crippen molar-refractivity contribution in [1.82, 2.24) is 9.88 Å². The number of hydrogen-bond donors (Lipinski definition) is 2. The van der Waals surface area contributed by atoms with E-state index in [1.165, 1.54) is 26.6 Å². The van der Waals surface area contributed by atoms with Crippen LogP contribution in [0.5, 0.6) is 0 Å². The number of carboxylic acid groups (broad SMARTS) is 2. The van der Waals surface area contributed by atoms with Crippen LogP contribution < -0.4 is 4.90 Å². The zero-order valence-electron chi connectivity index (χ0n) is 19.5. The maximum Gasteiger partial charge on any atom is 0.328 e. The Kier molecular flexibility index (Phi) is 8.64. The lowest BCUT2D eigenvalue weighted by molar-refractivity contribution is -0.134. The minimum Gasteiger partial charge on any atom is -0.478 e. The number of nitrogens with zero attached hydrogens (tertiary/aromatic N) is 3. The second-order valence-electron chi connectivity index (χ2n) is 8.35. The molecule has 2 aliphatic heterocycles. The van der Waals surface area contributed by atoms with Crippen LogP contribution in [-0.2, 0) is 16.0 Å². The topological polar surface area (TPSA) is 94.0 Å². The van der Waals surface area contributed by atoms with Crippen LogP contribution in [0.2, 0.25) is 5.02 Å². The zero-order chi connectivity index (χ0) is 25.5. The van der Waals surface area contributed by atoms with Crippen molar-refractivity contribution in [3.05, 3.63) is 95.3 Å². The van der Waals surface area contributed by atoms with Crippen molar-refractivity contribution in [2.24, 2.45) is 0 Å². The van der Waals surface area contributed by atoms with Crippen LogP contribution in [0, 0.1) is 0 Å². The molecule has 1 saturated heterocycles. The van der Waals surface area contributed by atoms with Crippen molar-refractivity contribution in [3.8, 4) is 0 Å². The van der Waals surface area contributed by atoms with Crippen LogP contribution in [0.15, 0.2) is 88.9 Å². The van der Waals surface area contributed by atoms with Crippen molar-refractivity contribution in [2.75, 3.05) is 31.1 Å². The fraction of sp³-hybridized carbons (Fsp3) is 0.222. The number of piperazine rings is 1. The van der Waals surface area contributed by atoms with E-state index in [1.54, 1.807) is 0 Å². The molecule has 1 atom stereocenters. The van der Waals surface area contributed by atoms with Gasteiger partial charge >= 0.3 is 11.9 Å². The number of aromatic nitrogens is 1. The van der Waals surface area contributed by atoms with Crippen LogP contribution in [0.25, 0.3) is 0 Å². The molecule has 3 aromatic rings. The van der Waals surface area contributed by atoms with E-state index in [-0.39, 0.29) is 0 Å². The van der Waals surface area contributed by atoms with E-state index in [2.05, 4.69) is 63.3 Å². The lowest BCUT2D eigenvalue weighted by Gasteiger charge is -2.40. The van der Waals surface area contributed by atoms with Gasteiger partial charge in [-0.15, -0.1) is 0 Å². The number of pyridine rings is 1. The van der Waals surface area contributed by atoms with Crippen LogP contribution >= 0.6 is 23.4 Å². The van der Waals surface area contributed by atoms with E-state index < -0.39 is 11.9 Å². The van der Waals surface area contributed by atoms with Crippen molar-refractivity contribution >= 4 is 41.0 Å². The van der Waals surface area contributed by atoms with Gasteiger partial charge in [-0.2, -0.15) is 0 Å². The van der Waals surface area contributed by atoms with Gasteiger partial charge in [0, 0.05) is 77.3 Å². The largest absolute Gasteiger partial charge is 0.478 e. The molecule has 1 aromatic heterocycles. The molecule has 0 amide bonds. The van der Waals surface area contributed by atoms with Crippen molar-refractivity contribution in [1.29, 1.82) is 0 Å². The van der Waals surface area contributed by atoms with Crippen molar-refractivity contribution in [2.45, 2.75) is 22.3 Å². The minimum absolute atomic E-state index is 0.365. The molecule has 36 heavy (non-hydrogen) atoms. The smallest absolute Gasteiger partial charge is 0.328 e. The van der Waals surface area contributed by atoms with Crippen LogP contribution in [0.3, 0.4) is 0 Å². The summed E-state index contributed by atoms with van der Waals surface area (Å²) in [4.78, 5) is 31.0. The monoisotopic (exact) mass is 523 g/mol. The first kappa shape index (κ1) is 25.8. The molecule has 0 spiro atoms. The summed E-state index contributed by atoms with van der Waals surface area (Å²) in [5.74, 6) is -2.51. The Labute approximate surface area is 219 Å². The molecule has 186 valence electrons. The normalized spacial score (nSPS) is 17.4. The molecule has 1 fully saturated rings. The lowest BCUT2D eigenvalue weighted by atomic mass is 9.96. The van der Waals surface area contributed by atoms with Gasteiger partial charge in [-0.1, -0.05) is 41.6 Å². The van der Waals surface area contributed by atoms with Gasteiger partial charge in [-0.3, -0.25) is 9.88 Å². The first-order valence-corrected chi connectivity index (χ1v) is 12.7. The molecule has 2 N–H and O–H groups in total. The summed E-state index contributed by atoms with van der Waals surface area (Å²) < 4.78 is 0. The quantitative estimate of drug-likeness (QED) is 0.460. The SMILES string of the molecule is Clc1ccc2c(c1)C(N1CCN(c3ccncc3)CC1)Cc1ccccc1S2.O=C(O)/C=C\C(=O)O. The highest BCUT2D eigenvalue weighted by atomic mass is 35.5. The van der Waals surface area contributed by atoms with Crippen LogP contribution in [0.4, 0.5) is 5.69 Å². The van der Waals surface area contributed by atoms with E-state index in [0.29, 0.717) is 18.2 Å². The van der Waals surface area contributed by atoms with E-state index in [0.717, 1.165) is 37.6 Å². The third kappa shape index (κ3) is 6.66. The molecule has 5 rings (SSSR count). The van der Waals surface area contributed by atoms with Crippen molar-refractivity contribution < 1.29 is 19.8 Å². The molecule has 7 nitrogen and oxygen atoms in total. The maximum atomic E-state index is 9.55. The van der Waals surface area contributed by atoms with Gasteiger partial charge in [0.1, 0.15) is 0 Å². The number of carboxylic acids is 2. The van der Waals surface area contributed by atoms with Gasteiger partial charge in [0.05, 0.1) is 0 Å². The fourth-order valence-electron chi connectivity index (χ4n) is 4.40. The van der Waals surface area contributed by atoms with Crippen molar-refractivity contribution in [3.63, 3.8) is 0 Å². The summed E-state index contributed by atoms with van der Waals surface area (Å²) in [6, 6.07) is 19.7. The molecule has 2 aromatic carbocycles. The molecule has 1 unspecified atom stereocenters. The van der Waals surface area contributed by atoms with Gasteiger partial charge in [-0.05, 0) is 53.9 Å². The van der Waals surface area contributed by atoms with Gasteiger partial charge in [0.2, 0.25) is 0 Å². The molecular formula is C27H26ClN3O4S. The van der Waals surface area contributed by atoms with Gasteiger partial charge in [0.15, 0.2) is 0 Å². The third-order valence-electron chi connectivity index (χ3n) is 6.09. The van der Waals surface area contributed by atoms with Gasteiger partial charge in [-0.25, -0.2) is 9.59 Å². The summed E-state index contributed by atoms with van der Waals surface area (Å²) in [5.41, 5.74) is 4.06. The first-order valence-electron chi connectivity index (χ1n) is 11.5. The second kappa shape index (κ2) is 12.1. The minimum atomic E-state index is -1.26. The highest BCUT2D eigenvalue weighted by Crippen LogP contribution is 2.43. The molecule has 0 aliphatic carbocycles. The molecule has 9 heteroatoms. The first-order chi connectivity index (χ1) is 17.4. The van der Waals surface area contributed by atoms with Crippen LogP contribution in [-0.4, -0.2) is 58.2 Å². The summed E-state index contributed by atoms with van der Waals surface area (Å²) in [5, 5.41) is 16.4. The Morgan fingerprint density at radius 2 is 1.58 bits per heavy atom. The lowest BCUT2D eigenvalue weighted by Crippen LogP contribution is -2.48. The summed E-state index contributed by atoms with van der Waals surface area (Å²) in [6.45, 7) is 4.16. The Bertz CT molecular complexity index is 1230. The second-order valence-corrected chi connectivity index (χ2v) is 9.87. The molecule has 0 bridgehead atoms. The number of benzene rings is 2. The van der Waals surface area contributed by atoms with Crippen LogP contribution in [0.1, 0.15) is 17.2 Å². The number of aliphatic carboxylic acids is 2. The average molecular weight is 524 g/mol. The number of halogens is 1. The van der Waals surface area contributed by atoms with E-state index in [9.17, 15) is 9.59 Å². The Hall–Kier alpha value is -3.33. The number of rotatable bonds is 4.